The van der Waals surface area contributed by atoms with Gasteiger partial charge in [-0.05, 0) is 37.1 Å². The lowest BCUT2D eigenvalue weighted by Gasteiger charge is -2.37. The molecule has 8 nitrogen and oxygen atoms in total. The molecule has 3 atom stereocenters. The summed E-state index contributed by atoms with van der Waals surface area (Å²) < 4.78 is 53.6. The van der Waals surface area contributed by atoms with Crippen LogP contribution in [0.15, 0.2) is 24.3 Å². The molecule has 3 aliphatic rings. The van der Waals surface area contributed by atoms with Crippen LogP contribution < -0.4 is 14.8 Å². The number of methoxy groups -OCH3 is 2. The summed E-state index contributed by atoms with van der Waals surface area (Å²) in [7, 11) is 2.98. The molecule has 1 N–H and O–H groups in total. The summed E-state index contributed by atoms with van der Waals surface area (Å²) in [5.74, 6) is 0.788. The number of rotatable bonds is 4. The zero-order chi connectivity index (χ0) is 24.0. The molecule has 2 fully saturated rings. The van der Waals surface area contributed by atoms with Gasteiger partial charge in [0.05, 0.1) is 20.3 Å². The number of nitrogens with one attached hydrogen (secondary N) is 1. The number of hydrogen-bond acceptors (Lipinski definition) is 6. The first kappa shape index (κ1) is 22.8. The first-order chi connectivity index (χ1) is 16.3. The Morgan fingerprint density at radius 2 is 1.91 bits per heavy atom. The number of carbonyl (C=O) groups is 1. The molecular weight excluding hydrogens is 451 g/mol. The summed E-state index contributed by atoms with van der Waals surface area (Å²) in [6.07, 6.45) is -2.64. The van der Waals surface area contributed by atoms with E-state index >= 15 is 0 Å². The van der Waals surface area contributed by atoms with Gasteiger partial charge in [-0.15, -0.1) is 0 Å². The third kappa shape index (κ3) is 4.06. The van der Waals surface area contributed by atoms with Crippen molar-refractivity contribution in [3.05, 3.63) is 35.5 Å². The normalized spacial score (nSPS) is 24.9. The fourth-order valence-electron chi connectivity index (χ4n) is 5.30. The van der Waals surface area contributed by atoms with Gasteiger partial charge in [0, 0.05) is 38.2 Å². The van der Waals surface area contributed by atoms with Crippen molar-refractivity contribution in [1.29, 1.82) is 0 Å². The summed E-state index contributed by atoms with van der Waals surface area (Å²) in [5, 5.41) is 7.28. The largest absolute Gasteiger partial charge is 0.493 e. The summed E-state index contributed by atoms with van der Waals surface area (Å²) in [4.78, 5) is 17.2. The number of benzene rings is 1. The van der Waals surface area contributed by atoms with Gasteiger partial charge in [0.2, 0.25) is 0 Å². The molecule has 184 valence electrons. The Labute approximate surface area is 195 Å². The SMILES string of the molecule is COc1ccc([C@H]2C[C@H](C(F)(F)F)n3nc(C(=O)N4CCN5CCC[C@@H]5C4)cc3N2)cc1OC. The molecule has 4 heterocycles. The fourth-order valence-corrected chi connectivity index (χ4v) is 5.30. The molecule has 0 unspecified atom stereocenters. The van der Waals surface area contributed by atoms with Gasteiger partial charge in [-0.25, -0.2) is 4.68 Å². The van der Waals surface area contributed by atoms with E-state index in [2.05, 4.69) is 15.3 Å². The Morgan fingerprint density at radius 3 is 2.65 bits per heavy atom. The predicted molar refractivity (Wildman–Crippen MR) is 118 cm³/mol. The number of alkyl halides is 3. The van der Waals surface area contributed by atoms with E-state index in [1.807, 2.05) is 0 Å². The minimum Gasteiger partial charge on any atom is -0.493 e. The van der Waals surface area contributed by atoms with Gasteiger partial charge < -0.3 is 19.7 Å². The number of piperazine rings is 1. The molecule has 0 saturated carbocycles. The van der Waals surface area contributed by atoms with Crippen molar-refractivity contribution in [3.8, 4) is 11.5 Å². The van der Waals surface area contributed by atoms with Crippen molar-refractivity contribution in [2.75, 3.05) is 45.7 Å². The molecule has 11 heteroatoms. The van der Waals surface area contributed by atoms with Crippen LogP contribution in [-0.2, 0) is 0 Å². The van der Waals surface area contributed by atoms with Crippen molar-refractivity contribution in [2.24, 2.45) is 0 Å². The van der Waals surface area contributed by atoms with Gasteiger partial charge in [-0.3, -0.25) is 9.69 Å². The Balaban J connectivity index is 1.42. The third-order valence-electron chi connectivity index (χ3n) is 7.09. The Kier molecular flexibility index (Phi) is 5.83. The highest BCUT2D eigenvalue weighted by Crippen LogP contribution is 2.44. The molecule has 3 aliphatic heterocycles. The van der Waals surface area contributed by atoms with Crippen molar-refractivity contribution in [3.63, 3.8) is 0 Å². The number of anilines is 1. The third-order valence-corrected chi connectivity index (χ3v) is 7.09. The van der Waals surface area contributed by atoms with Gasteiger partial charge in [-0.1, -0.05) is 6.07 Å². The molecule has 0 radical (unpaired) electrons. The van der Waals surface area contributed by atoms with E-state index < -0.39 is 18.3 Å². The average Bonchev–Trinajstić information content (AvgIpc) is 3.48. The Morgan fingerprint density at radius 1 is 1.12 bits per heavy atom. The van der Waals surface area contributed by atoms with Crippen LogP contribution in [-0.4, -0.2) is 78.1 Å². The second kappa shape index (κ2) is 8.68. The Bertz CT molecular complexity index is 1070. The molecule has 2 saturated heterocycles. The number of halogens is 3. The smallest absolute Gasteiger partial charge is 0.410 e. The average molecular weight is 480 g/mol. The quantitative estimate of drug-likeness (QED) is 0.724. The van der Waals surface area contributed by atoms with Crippen molar-refractivity contribution >= 4 is 11.7 Å². The van der Waals surface area contributed by atoms with Crippen LogP contribution in [0, 0.1) is 0 Å². The van der Waals surface area contributed by atoms with Crippen molar-refractivity contribution < 1.29 is 27.4 Å². The number of amides is 1. The predicted octanol–water partition coefficient (Wildman–Crippen LogP) is 3.48. The minimum atomic E-state index is -4.52. The van der Waals surface area contributed by atoms with Crippen LogP contribution in [0.5, 0.6) is 11.5 Å². The number of carbonyl (C=O) groups excluding carboxylic acids is 1. The molecule has 0 bridgehead atoms. The highest BCUT2D eigenvalue weighted by atomic mass is 19.4. The molecule has 1 aromatic heterocycles. The van der Waals surface area contributed by atoms with E-state index in [1.165, 1.54) is 20.3 Å². The van der Waals surface area contributed by atoms with Crippen LogP contribution >= 0.6 is 0 Å². The number of nitrogens with zero attached hydrogens (tertiary/aromatic N) is 4. The van der Waals surface area contributed by atoms with Crippen LogP contribution in [0.25, 0.3) is 0 Å². The number of ether oxygens (including phenoxy) is 2. The van der Waals surface area contributed by atoms with Crippen LogP contribution in [0.2, 0.25) is 0 Å². The molecular formula is C23H28F3N5O3. The highest BCUT2D eigenvalue weighted by molar-refractivity contribution is 5.93. The van der Waals surface area contributed by atoms with E-state index in [9.17, 15) is 18.0 Å². The molecule has 0 aliphatic carbocycles. The lowest BCUT2D eigenvalue weighted by atomic mass is 9.96. The fraction of sp³-hybridized carbons (Fsp3) is 0.565. The monoisotopic (exact) mass is 479 g/mol. The molecule has 2 aromatic rings. The van der Waals surface area contributed by atoms with Gasteiger partial charge in [0.15, 0.2) is 23.2 Å². The second-order valence-corrected chi connectivity index (χ2v) is 9.05. The van der Waals surface area contributed by atoms with Crippen LogP contribution in [0.4, 0.5) is 19.0 Å². The zero-order valence-corrected chi connectivity index (χ0v) is 19.1. The van der Waals surface area contributed by atoms with E-state index in [0.717, 1.165) is 30.6 Å². The second-order valence-electron chi connectivity index (χ2n) is 9.05. The number of hydrogen-bond donors (Lipinski definition) is 1. The van der Waals surface area contributed by atoms with Crippen molar-refractivity contribution in [1.82, 2.24) is 19.6 Å². The van der Waals surface area contributed by atoms with Gasteiger partial charge in [-0.2, -0.15) is 18.3 Å². The van der Waals surface area contributed by atoms with Gasteiger partial charge >= 0.3 is 6.18 Å². The maximum Gasteiger partial charge on any atom is 0.410 e. The molecule has 0 spiro atoms. The van der Waals surface area contributed by atoms with Gasteiger partial charge in [0.1, 0.15) is 5.82 Å². The lowest BCUT2D eigenvalue weighted by Crippen LogP contribution is -2.52. The topological polar surface area (TPSA) is 71.9 Å². The molecule has 1 aromatic carbocycles. The van der Waals surface area contributed by atoms with E-state index in [1.54, 1.807) is 23.1 Å². The van der Waals surface area contributed by atoms with E-state index in [0.29, 0.717) is 36.2 Å². The molecule has 5 rings (SSSR count). The maximum absolute atomic E-state index is 14.1. The highest BCUT2D eigenvalue weighted by Gasteiger charge is 2.47. The summed E-state index contributed by atoms with van der Waals surface area (Å²) in [6.45, 7) is 2.97. The van der Waals surface area contributed by atoms with Crippen molar-refractivity contribution in [2.45, 2.75) is 43.6 Å². The van der Waals surface area contributed by atoms with Crippen LogP contribution in [0.3, 0.4) is 0 Å². The lowest BCUT2D eigenvalue weighted by molar-refractivity contribution is -0.173. The van der Waals surface area contributed by atoms with E-state index in [4.69, 9.17) is 9.47 Å². The van der Waals surface area contributed by atoms with E-state index in [-0.39, 0.29) is 23.8 Å². The first-order valence-corrected chi connectivity index (χ1v) is 11.5. The summed E-state index contributed by atoms with van der Waals surface area (Å²) in [5.41, 5.74) is 0.667. The maximum atomic E-state index is 14.1. The molecule has 1 amide bonds. The minimum absolute atomic E-state index is 0.0381. The number of fused-ring (bicyclic) bond motifs is 2. The number of aromatic nitrogens is 2. The standard InChI is InChI=1S/C23H28F3N5O3/c1-33-18-6-5-14(10-19(18)34-2)16-11-20(23(24,25)26)31-21(27-16)12-17(28-31)22(32)30-9-8-29-7-3-4-15(29)13-30/h5-6,10,12,15-16,20,27H,3-4,7-9,11,13H2,1-2H3/t15-,16-,20-/m1/s1. The first-order valence-electron chi connectivity index (χ1n) is 11.5. The summed E-state index contributed by atoms with van der Waals surface area (Å²) in [6, 6.07) is 4.33. The van der Waals surface area contributed by atoms with Crippen LogP contribution in [0.1, 0.15) is 47.4 Å². The summed E-state index contributed by atoms with van der Waals surface area (Å²) >= 11 is 0. The zero-order valence-electron chi connectivity index (χ0n) is 19.1. The molecule has 34 heavy (non-hydrogen) atoms. The Hall–Kier alpha value is -2.95. The van der Waals surface area contributed by atoms with Gasteiger partial charge in [0.25, 0.3) is 5.91 Å².